The van der Waals surface area contributed by atoms with E-state index in [2.05, 4.69) is 46.3 Å². The molecule has 1 fully saturated rings. The number of rotatable bonds is 2. The van der Waals surface area contributed by atoms with Crippen molar-refractivity contribution in [3.05, 3.63) is 71.8 Å². The highest BCUT2D eigenvalue weighted by Crippen LogP contribution is 2.39. The van der Waals surface area contributed by atoms with Gasteiger partial charge in [-0.3, -0.25) is 4.79 Å². The van der Waals surface area contributed by atoms with E-state index in [4.69, 9.17) is 4.74 Å². The van der Waals surface area contributed by atoms with Gasteiger partial charge in [0.1, 0.15) is 11.4 Å². The number of carbonyl (C=O) groups excluding carboxylic acids is 1. The van der Waals surface area contributed by atoms with Gasteiger partial charge in [0.25, 0.3) is 0 Å². The van der Waals surface area contributed by atoms with Crippen LogP contribution in [0.4, 0.5) is 5.82 Å². The van der Waals surface area contributed by atoms with E-state index in [-0.39, 0.29) is 5.78 Å². The lowest BCUT2D eigenvalue weighted by atomic mass is 9.82. The lowest BCUT2D eigenvalue weighted by molar-refractivity contribution is 0.0231. The van der Waals surface area contributed by atoms with E-state index in [0.717, 1.165) is 48.8 Å². The molecule has 0 N–H and O–H groups in total. The maximum atomic E-state index is 12.6. The van der Waals surface area contributed by atoms with Crippen LogP contribution in [-0.4, -0.2) is 34.7 Å². The number of ether oxygens (including phenoxy) is 1. The van der Waals surface area contributed by atoms with Gasteiger partial charge in [-0.1, -0.05) is 42.0 Å². The molecule has 146 valence electrons. The van der Waals surface area contributed by atoms with Gasteiger partial charge in [-0.05, 0) is 31.2 Å². The molecule has 3 aromatic rings. The number of hydrogen-bond acceptors (Lipinski definition) is 5. The standard InChI is InChI=1S/C24H23N3O2/c1-17-6-8-18(9-7-17)20-10-11-23(26-25-20)27-14-12-24(13-15-27)16-21(28)19-4-2-3-5-22(19)29-24/h2-11H,12-16H2,1H3. The third-order valence-corrected chi connectivity index (χ3v) is 5.99. The van der Waals surface area contributed by atoms with Crippen LogP contribution < -0.4 is 9.64 Å². The predicted octanol–water partition coefficient (Wildman–Crippen LogP) is 4.46. The number of Topliss-reactive ketones (excluding diaryl/α,β-unsaturated/α-hetero) is 1. The summed E-state index contributed by atoms with van der Waals surface area (Å²) in [6, 6.07) is 19.9. The number of piperidine rings is 1. The normalized spacial score (nSPS) is 17.7. The summed E-state index contributed by atoms with van der Waals surface area (Å²) in [4.78, 5) is 14.8. The molecule has 5 nitrogen and oxygen atoms in total. The molecule has 0 bridgehead atoms. The molecule has 0 atom stereocenters. The Bertz CT molecular complexity index is 1040. The van der Waals surface area contributed by atoms with Crippen LogP contribution in [0, 0.1) is 6.92 Å². The van der Waals surface area contributed by atoms with Crippen molar-refractivity contribution in [3.63, 3.8) is 0 Å². The number of fused-ring (bicyclic) bond motifs is 1. The van der Waals surface area contributed by atoms with Gasteiger partial charge in [0.15, 0.2) is 11.6 Å². The zero-order valence-corrected chi connectivity index (χ0v) is 16.5. The zero-order valence-electron chi connectivity index (χ0n) is 16.5. The molecule has 1 spiro atoms. The van der Waals surface area contributed by atoms with Crippen molar-refractivity contribution in [2.45, 2.75) is 31.8 Å². The first kappa shape index (κ1) is 17.9. The lowest BCUT2D eigenvalue weighted by Gasteiger charge is -2.44. The quantitative estimate of drug-likeness (QED) is 0.652. The third kappa shape index (κ3) is 3.37. The highest BCUT2D eigenvalue weighted by molar-refractivity contribution is 6.00. The number of carbonyl (C=O) groups is 1. The summed E-state index contributed by atoms with van der Waals surface area (Å²) in [5.41, 5.74) is 3.49. The smallest absolute Gasteiger partial charge is 0.170 e. The van der Waals surface area contributed by atoms with Crippen molar-refractivity contribution in [2.75, 3.05) is 18.0 Å². The van der Waals surface area contributed by atoms with Gasteiger partial charge in [-0.25, -0.2) is 0 Å². The van der Waals surface area contributed by atoms with Crippen molar-refractivity contribution in [3.8, 4) is 17.0 Å². The van der Waals surface area contributed by atoms with Crippen LogP contribution in [0.2, 0.25) is 0 Å². The minimum atomic E-state index is -0.392. The molecule has 0 amide bonds. The van der Waals surface area contributed by atoms with Crippen LogP contribution in [-0.2, 0) is 0 Å². The fourth-order valence-corrected chi connectivity index (χ4v) is 4.24. The maximum Gasteiger partial charge on any atom is 0.170 e. The van der Waals surface area contributed by atoms with Gasteiger partial charge >= 0.3 is 0 Å². The number of ketones is 1. The number of para-hydroxylation sites is 1. The summed E-state index contributed by atoms with van der Waals surface area (Å²) in [6.07, 6.45) is 2.05. The Morgan fingerprint density at radius 2 is 1.69 bits per heavy atom. The van der Waals surface area contributed by atoms with Gasteiger partial charge in [-0.15, -0.1) is 10.2 Å². The number of aryl methyl sites for hydroxylation is 1. The zero-order chi connectivity index (χ0) is 19.8. The molecule has 2 aliphatic rings. The average molecular weight is 385 g/mol. The molecule has 29 heavy (non-hydrogen) atoms. The van der Waals surface area contributed by atoms with Crippen LogP contribution >= 0.6 is 0 Å². The Hall–Kier alpha value is -3.21. The van der Waals surface area contributed by atoms with E-state index in [1.807, 2.05) is 36.4 Å². The number of aromatic nitrogens is 2. The first-order valence-corrected chi connectivity index (χ1v) is 10.1. The molecule has 0 aliphatic carbocycles. The van der Waals surface area contributed by atoms with Crippen molar-refractivity contribution in [1.82, 2.24) is 10.2 Å². The topological polar surface area (TPSA) is 55.3 Å². The Kier molecular flexibility index (Phi) is 4.31. The maximum absolute atomic E-state index is 12.6. The first-order chi connectivity index (χ1) is 14.1. The van der Waals surface area contributed by atoms with Crippen LogP contribution in [0.1, 0.15) is 35.2 Å². The molecule has 5 rings (SSSR count). The third-order valence-electron chi connectivity index (χ3n) is 5.99. The summed E-state index contributed by atoms with van der Waals surface area (Å²) >= 11 is 0. The van der Waals surface area contributed by atoms with Gasteiger partial charge in [0, 0.05) is 31.5 Å². The SMILES string of the molecule is Cc1ccc(-c2ccc(N3CCC4(CC3)CC(=O)c3ccccc3O4)nn2)cc1. The van der Waals surface area contributed by atoms with Gasteiger partial charge in [0.05, 0.1) is 17.7 Å². The van der Waals surface area contributed by atoms with E-state index in [0.29, 0.717) is 12.0 Å². The molecule has 2 aliphatic heterocycles. The molecule has 3 heterocycles. The van der Waals surface area contributed by atoms with Crippen LogP contribution in [0.3, 0.4) is 0 Å². The Labute approximate surface area is 170 Å². The second-order valence-corrected chi connectivity index (χ2v) is 8.01. The van der Waals surface area contributed by atoms with Gasteiger partial charge < -0.3 is 9.64 Å². The van der Waals surface area contributed by atoms with E-state index in [1.54, 1.807) is 0 Å². The summed E-state index contributed by atoms with van der Waals surface area (Å²) < 4.78 is 6.32. The summed E-state index contributed by atoms with van der Waals surface area (Å²) in [5, 5.41) is 8.88. The number of hydrogen-bond donors (Lipinski definition) is 0. The predicted molar refractivity (Wildman–Crippen MR) is 112 cm³/mol. The van der Waals surface area contributed by atoms with E-state index in [1.165, 1.54) is 5.56 Å². The summed E-state index contributed by atoms with van der Waals surface area (Å²) in [6.45, 7) is 3.67. The Morgan fingerprint density at radius 3 is 2.41 bits per heavy atom. The highest BCUT2D eigenvalue weighted by atomic mass is 16.5. The first-order valence-electron chi connectivity index (χ1n) is 10.1. The molecule has 5 heteroatoms. The molecular formula is C24H23N3O2. The van der Waals surface area contributed by atoms with Crippen molar-refractivity contribution >= 4 is 11.6 Å². The van der Waals surface area contributed by atoms with E-state index in [9.17, 15) is 4.79 Å². The summed E-state index contributed by atoms with van der Waals surface area (Å²) in [7, 11) is 0. The van der Waals surface area contributed by atoms with Crippen molar-refractivity contribution in [1.29, 1.82) is 0 Å². The molecule has 0 unspecified atom stereocenters. The van der Waals surface area contributed by atoms with Crippen LogP contribution in [0.25, 0.3) is 11.3 Å². The van der Waals surface area contributed by atoms with Crippen molar-refractivity contribution in [2.24, 2.45) is 0 Å². The molecule has 0 radical (unpaired) electrons. The average Bonchev–Trinajstić information content (AvgIpc) is 2.75. The highest BCUT2D eigenvalue weighted by Gasteiger charge is 2.43. The number of nitrogens with zero attached hydrogens (tertiary/aromatic N) is 3. The number of benzene rings is 2. The fraction of sp³-hybridized carbons (Fsp3) is 0.292. The second-order valence-electron chi connectivity index (χ2n) is 8.01. The number of anilines is 1. The molecule has 1 saturated heterocycles. The molecule has 1 aromatic heterocycles. The Morgan fingerprint density at radius 1 is 0.931 bits per heavy atom. The molecule has 2 aromatic carbocycles. The molecular weight excluding hydrogens is 362 g/mol. The Balaban J connectivity index is 1.29. The van der Waals surface area contributed by atoms with Gasteiger partial charge in [-0.2, -0.15) is 0 Å². The van der Waals surface area contributed by atoms with Gasteiger partial charge in [0.2, 0.25) is 0 Å². The second kappa shape index (κ2) is 6.99. The lowest BCUT2D eigenvalue weighted by Crippen LogP contribution is -2.51. The van der Waals surface area contributed by atoms with E-state index < -0.39 is 5.60 Å². The van der Waals surface area contributed by atoms with Crippen LogP contribution in [0.5, 0.6) is 5.75 Å². The molecule has 0 saturated carbocycles. The fourth-order valence-electron chi connectivity index (χ4n) is 4.24. The monoisotopic (exact) mass is 385 g/mol. The van der Waals surface area contributed by atoms with E-state index >= 15 is 0 Å². The summed E-state index contributed by atoms with van der Waals surface area (Å²) in [5.74, 6) is 1.78. The van der Waals surface area contributed by atoms with Crippen molar-refractivity contribution < 1.29 is 9.53 Å². The minimum absolute atomic E-state index is 0.183. The minimum Gasteiger partial charge on any atom is -0.486 e. The largest absolute Gasteiger partial charge is 0.486 e. The van der Waals surface area contributed by atoms with Crippen LogP contribution in [0.15, 0.2) is 60.7 Å².